The van der Waals surface area contributed by atoms with E-state index in [2.05, 4.69) is 281 Å². The molecule has 0 N–H and O–H groups in total. The second-order valence-corrected chi connectivity index (χ2v) is 91.7. The third kappa shape index (κ3) is 159. The molecule has 4 rings (SSSR count). The number of benzene rings is 4. The molecule has 0 amide bonds. The maximum absolute atomic E-state index is 11.2. The summed E-state index contributed by atoms with van der Waals surface area (Å²) in [5.74, 6) is -1.63. The summed E-state index contributed by atoms with van der Waals surface area (Å²) in [5, 5.41) is 5.41. The highest BCUT2D eigenvalue weighted by Gasteiger charge is 2.35. The summed E-state index contributed by atoms with van der Waals surface area (Å²) < 4.78 is 83.0. The predicted octanol–water partition coefficient (Wildman–Crippen LogP) is 32.4. The van der Waals surface area contributed by atoms with Gasteiger partial charge in [0.15, 0.2) is 33.3 Å². The summed E-state index contributed by atoms with van der Waals surface area (Å²) in [4.78, 5) is 43.3. The van der Waals surface area contributed by atoms with Crippen molar-refractivity contribution in [1.82, 2.24) is 0 Å². The van der Waals surface area contributed by atoms with Crippen molar-refractivity contribution in [2.45, 2.75) is 387 Å². The lowest BCUT2D eigenvalue weighted by molar-refractivity contribution is -0.145. The fraction of sp³-hybridized carbons (Fsp3) is 0.667. The highest BCUT2D eigenvalue weighted by Crippen LogP contribution is 2.12. The Balaban J connectivity index is -0.0000000483. The van der Waals surface area contributed by atoms with Gasteiger partial charge in [-0.05, 0) is 172 Å². The Hall–Kier alpha value is -4.16. The van der Waals surface area contributed by atoms with Gasteiger partial charge in [-0.15, -0.1) is 0 Å². The van der Waals surface area contributed by atoms with E-state index in [0.717, 1.165) is 36.3 Å². The molecule has 0 spiro atoms. The van der Waals surface area contributed by atoms with Crippen LogP contribution in [0.3, 0.4) is 0 Å². The summed E-state index contributed by atoms with van der Waals surface area (Å²) >= 11 is 0. The summed E-state index contributed by atoms with van der Waals surface area (Å²) in [7, 11) is -2.92. The van der Waals surface area contributed by atoms with Crippen molar-refractivity contribution in [3.63, 3.8) is 0 Å². The van der Waals surface area contributed by atoms with Crippen LogP contribution in [-0.4, -0.2) is 233 Å². The van der Waals surface area contributed by atoms with Gasteiger partial charge >= 0.3 is 58.1 Å². The highest BCUT2D eigenvalue weighted by atomic mass is 28.4. The Morgan fingerprint density at radius 1 is 0.286 bits per heavy atom. The number of esters is 4. The number of carbonyl (C=O) groups is 4. The number of unbranched alkanes of at least 4 members (excludes halogenated alkanes) is 1. The molecule has 0 aliphatic carbocycles. The molecule has 32 heteroatoms. The molecular formula is C108H248O20Si12. The quantitative estimate of drug-likeness (QED) is 0.0106. The molecule has 0 saturated heterocycles. The third-order valence-corrected chi connectivity index (χ3v) is 32.1. The van der Waals surface area contributed by atoms with E-state index in [4.69, 9.17) is 72.1 Å². The molecule has 848 valence electrons. The lowest BCUT2D eigenvalue weighted by Crippen LogP contribution is -2.64. The lowest BCUT2D eigenvalue weighted by atomic mass is 10.3. The largest absolute Gasteiger partial charge is 0.463 e. The Labute approximate surface area is 890 Å². The molecule has 0 aliphatic heterocycles. The lowest BCUT2D eigenvalue weighted by Gasteiger charge is -2.29. The molecule has 0 heterocycles. The van der Waals surface area contributed by atoms with Crippen LogP contribution in [0.2, 0.25) is 210 Å². The molecule has 0 saturated carbocycles. The molecule has 0 radical (unpaired) electrons. The molecule has 4 aromatic carbocycles. The number of ether oxygens (including phenoxy) is 4. The average Bonchev–Trinajstić information content (AvgIpc) is 0.769. The Kier molecular flexibility index (Phi) is 160. The monoisotopic (exact) mass is 2200 g/mol. The molecule has 2 atom stereocenters. The minimum atomic E-state index is -2.40. The van der Waals surface area contributed by atoms with Crippen LogP contribution >= 0.6 is 0 Å². The molecule has 0 aromatic heterocycles. The standard InChI is InChI=1S/C19H18Si.C13H18O4Si.2C10H20O4Si.C8H16O4Si.4C4H12OSi.3C4H12Si.4C2H6.12CH4/c1-20(17-11-5-2-6-12-17,18-13-7-3-8-14-18)19-15-9-4-10-16-19;1-4-13(14)16-10-11-17-18(3,15-2)12-8-6-5-7-9-12;1-8(2)10(11)14-9(3)7-13-15(5,6)12-4;1-5-10(11)13-8-6-7-9-14-15(3,4)12-2;1-5-8(9)11-6-7-12-13(3,4)10-2;4*1-5-6(2,3)4;3*1-5(2,3)4;4*1-2;;;;;;;;;;;;/h2-16H,1H3;4-9H,1,10-11H2,2-3H3;9H,1,7H2,2-6H3;5H,1,6-9H2,2-4H3;5H,1,6-7H2,2-4H3;4*1-4H3;3*1-4H3;4*1-2H3;12*1H4. The summed E-state index contributed by atoms with van der Waals surface area (Å²) in [6.45, 7) is 105. The molecule has 0 aliphatic rings. The molecule has 0 bridgehead atoms. The van der Waals surface area contributed by atoms with Gasteiger partial charge in [0.2, 0.25) is 0 Å². The van der Waals surface area contributed by atoms with Crippen molar-refractivity contribution in [1.29, 1.82) is 0 Å². The zero-order valence-electron chi connectivity index (χ0n) is 91.7. The Morgan fingerprint density at radius 2 is 0.479 bits per heavy atom. The second-order valence-electron chi connectivity index (χ2n) is 37.5. The highest BCUT2D eigenvalue weighted by molar-refractivity contribution is 7.10. The van der Waals surface area contributed by atoms with Gasteiger partial charge in [-0.3, -0.25) is 0 Å². The number of hydrogen-bond donors (Lipinski definition) is 0. The van der Waals surface area contributed by atoms with Gasteiger partial charge in [-0.2, -0.15) is 0 Å². The fourth-order valence-corrected chi connectivity index (χ4v) is 13.9. The molecule has 4 aromatic rings. The maximum atomic E-state index is 11.2. The molecule has 0 fully saturated rings. The Bertz CT molecular complexity index is 3030. The zero-order valence-corrected chi connectivity index (χ0v) is 104. The molecule has 2 unspecified atom stereocenters. The van der Waals surface area contributed by atoms with Gasteiger partial charge in [0, 0.05) is 112 Å². The van der Waals surface area contributed by atoms with Gasteiger partial charge in [-0.1, -0.05) is 377 Å². The molecule has 140 heavy (non-hydrogen) atoms. The van der Waals surface area contributed by atoms with Gasteiger partial charge in [0.1, 0.15) is 27.4 Å². The van der Waals surface area contributed by atoms with Gasteiger partial charge in [0.05, 0.1) is 26.4 Å². The van der Waals surface area contributed by atoms with E-state index in [1.807, 2.05) is 132 Å². The number of rotatable bonds is 34. The minimum absolute atomic E-state index is 0. The number of hydrogen-bond acceptors (Lipinski definition) is 20. The SMILES string of the molecule is C.C.C.C.C.C.C.C.C.C.C.C.C=C(C)C(=O)OC(C)CO[Si](C)(C)OC.C=CC(=O)OCCCCO[Si](C)(C)OC.C=CC(=O)OCCO[Si](C)(C)OC.C=CC(=O)OCCO[Si](C)(OC)c1ccccc1.CC.CC.CC.CC.CO[Si](C)(C)C.CO[Si](C)(C)C.CO[Si](C)(C)C.CO[Si](C)(C)C.C[Si](C)(C)C.C[Si](C)(C)C.C[Si](C)(C)C.C[Si](c1ccccc1)(c1ccccc1)c1ccccc1. The first-order chi connectivity index (χ1) is 58.5. The first-order valence-corrected chi connectivity index (χ1v) is 83.8. The van der Waals surface area contributed by atoms with Crippen molar-refractivity contribution < 1.29 is 91.2 Å². The van der Waals surface area contributed by atoms with Crippen molar-refractivity contribution in [3.8, 4) is 0 Å². The average molecular weight is 2200 g/mol. The van der Waals surface area contributed by atoms with E-state index in [0.29, 0.717) is 38.6 Å². The third-order valence-electron chi connectivity index (χ3n) is 14.2. The van der Waals surface area contributed by atoms with Crippen molar-refractivity contribution in [2.24, 2.45) is 0 Å². The van der Waals surface area contributed by atoms with E-state index < -0.39 is 112 Å². The van der Waals surface area contributed by atoms with Crippen molar-refractivity contribution >= 4 is 144 Å². The Morgan fingerprint density at radius 3 is 0.679 bits per heavy atom. The van der Waals surface area contributed by atoms with Gasteiger partial charge in [-0.25, -0.2) is 19.2 Å². The summed E-state index contributed by atoms with van der Waals surface area (Å²) in [5.41, 5.74) is 0.394. The van der Waals surface area contributed by atoms with Crippen LogP contribution in [0.4, 0.5) is 0 Å². The van der Waals surface area contributed by atoms with Crippen LogP contribution < -0.4 is 20.7 Å². The summed E-state index contributed by atoms with van der Waals surface area (Å²) in [6.07, 6.45) is 4.80. The topological polar surface area (TPSA) is 216 Å². The van der Waals surface area contributed by atoms with Crippen LogP contribution in [0.25, 0.3) is 0 Å². The van der Waals surface area contributed by atoms with Crippen LogP contribution in [-0.2, 0) is 91.2 Å². The van der Waals surface area contributed by atoms with Gasteiger partial charge in [0.25, 0.3) is 0 Å². The van der Waals surface area contributed by atoms with Crippen LogP contribution in [0.5, 0.6) is 0 Å². The molecule has 20 nitrogen and oxygen atoms in total. The predicted molar refractivity (Wildman–Crippen MR) is 670 cm³/mol. The smallest absolute Gasteiger partial charge is 0.369 e. The van der Waals surface area contributed by atoms with Gasteiger partial charge < -0.3 is 72.1 Å². The van der Waals surface area contributed by atoms with Crippen LogP contribution in [0.15, 0.2) is 171 Å². The van der Waals surface area contributed by atoms with E-state index in [9.17, 15) is 19.2 Å². The van der Waals surface area contributed by atoms with E-state index >= 15 is 0 Å². The normalized spacial score (nSPS) is 10.5. The molecular weight excluding hydrogens is 1950 g/mol. The first kappa shape index (κ1) is 197. The van der Waals surface area contributed by atoms with Crippen LogP contribution in [0, 0.1) is 0 Å². The fourth-order valence-electron chi connectivity index (χ4n) is 6.31. The summed E-state index contributed by atoms with van der Waals surface area (Å²) in [6, 6.07) is 42.6. The second kappa shape index (κ2) is 114. The van der Waals surface area contributed by atoms with Crippen molar-refractivity contribution in [3.05, 3.63) is 171 Å². The maximum Gasteiger partial charge on any atom is 0.369 e. The zero-order chi connectivity index (χ0) is 104. The van der Waals surface area contributed by atoms with Crippen molar-refractivity contribution in [2.75, 3.05) is 103 Å². The van der Waals surface area contributed by atoms with Crippen LogP contribution in [0.1, 0.15) is 171 Å². The van der Waals surface area contributed by atoms with E-state index in [1.165, 1.54) is 15.6 Å². The van der Waals surface area contributed by atoms with E-state index in [-0.39, 0.29) is 120 Å². The minimum Gasteiger partial charge on any atom is -0.463 e. The number of carbonyl (C=O) groups excluding carboxylic acids is 4. The first-order valence-electron chi connectivity index (χ1n) is 44.9. The van der Waals surface area contributed by atoms with E-state index in [1.54, 1.807) is 70.7 Å².